The summed E-state index contributed by atoms with van der Waals surface area (Å²) >= 11 is 0. The molecule has 1 aromatic carbocycles. The van der Waals surface area contributed by atoms with Crippen molar-refractivity contribution in [3.63, 3.8) is 0 Å². The largest absolute Gasteiger partial charge is 0.496 e. The van der Waals surface area contributed by atoms with Gasteiger partial charge in [-0.3, -0.25) is 4.68 Å². The van der Waals surface area contributed by atoms with Gasteiger partial charge in [-0.25, -0.2) is 4.79 Å². The number of methoxy groups -OCH3 is 1. The number of aromatic nitrogens is 2. The average Bonchev–Trinajstić information content (AvgIpc) is 3.03. The summed E-state index contributed by atoms with van der Waals surface area (Å²) in [4.78, 5) is 14.4. The minimum Gasteiger partial charge on any atom is -0.496 e. The third kappa shape index (κ3) is 4.32. The van der Waals surface area contributed by atoms with E-state index in [9.17, 15) is 4.79 Å². The SMILES string of the molecule is COc1cccc2c1CCN(C(=O)NCC(C)Cn1cccn1)CC2. The lowest BCUT2D eigenvalue weighted by molar-refractivity contribution is 0.198. The van der Waals surface area contributed by atoms with Crippen LogP contribution in [0.2, 0.25) is 0 Å². The number of benzene rings is 1. The molecule has 1 aliphatic heterocycles. The maximum Gasteiger partial charge on any atom is 0.317 e. The summed E-state index contributed by atoms with van der Waals surface area (Å²) in [6, 6.07) is 8.06. The molecule has 0 radical (unpaired) electrons. The number of amides is 2. The lowest BCUT2D eigenvalue weighted by Crippen LogP contribution is -2.43. The van der Waals surface area contributed by atoms with Crippen LogP contribution >= 0.6 is 0 Å². The van der Waals surface area contributed by atoms with E-state index in [1.165, 1.54) is 11.1 Å². The van der Waals surface area contributed by atoms with Crippen LogP contribution in [-0.4, -0.2) is 47.5 Å². The van der Waals surface area contributed by atoms with Crippen molar-refractivity contribution in [3.05, 3.63) is 47.8 Å². The van der Waals surface area contributed by atoms with Gasteiger partial charge in [0.2, 0.25) is 0 Å². The van der Waals surface area contributed by atoms with Gasteiger partial charge in [0.1, 0.15) is 5.75 Å². The number of nitrogens with one attached hydrogen (secondary N) is 1. The van der Waals surface area contributed by atoms with Crippen molar-refractivity contribution in [2.24, 2.45) is 5.92 Å². The molecule has 1 unspecified atom stereocenters. The van der Waals surface area contributed by atoms with E-state index in [0.717, 1.165) is 31.7 Å². The van der Waals surface area contributed by atoms with Gasteiger partial charge in [-0.2, -0.15) is 5.10 Å². The number of hydrogen-bond donors (Lipinski definition) is 1. The first-order valence-corrected chi connectivity index (χ1v) is 8.82. The molecule has 0 bridgehead atoms. The zero-order valence-electron chi connectivity index (χ0n) is 14.9. The molecule has 2 amide bonds. The minimum atomic E-state index is 0.0130. The highest BCUT2D eigenvalue weighted by atomic mass is 16.5. The fourth-order valence-corrected chi connectivity index (χ4v) is 3.30. The van der Waals surface area contributed by atoms with Gasteiger partial charge < -0.3 is 15.0 Å². The lowest BCUT2D eigenvalue weighted by Gasteiger charge is -2.22. The van der Waals surface area contributed by atoms with Crippen LogP contribution < -0.4 is 10.1 Å². The molecule has 0 fully saturated rings. The number of nitrogens with zero attached hydrogens (tertiary/aromatic N) is 3. The fourth-order valence-electron chi connectivity index (χ4n) is 3.30. The number of urea groups is 1. The second-order valence-electron chi connectivity index (χ2n) is 6.60. The number of ether oxygens (including phenoxy) is 1. The standard InChI is InChI=1S/C19H26N4O2/c1-15(14-23-10-4-9-21-23)13-20-19(24)22-11-7-16-5-3-6-18(25-2)17(16)8-12-22/h3-6,9-10,15H,7-8,11-14H2,1-2H3,(H,20,24). The Bertz CT molecular complexity index is 699. The molecule has 1 aliphatic rings. The summed E-state index contributed by atoms with van der Waals surface area (Å²) in [5.41, 5.74) is 2.51. The topological polar surface area (TPSA) is 59.4 Å². The molecule has 6 heteroatoms. The first-order chi connectivity index (χ1) is 12.2. The maximum absolute atomic E-state index is 12.5. The molecule has 3 rings (SSSR count). The number of carbonyl (C=O) groups excluding carboxylic acids is 1. The van der Waals surface area contributed by atoms with Crippen LogP contribution in [0.3, 0.4) is 0 Å². The van der Waals surface area contributed by atoms with Gasteiger partial charge in [-0.1, -0.05) is 19.1 Å². The van der Waals surface area contributed by atoms with Crippen LogP contribution in [0.25, 0.3) is 0 Å². The highest BCUT2D eigenvalue weighted by Gasteiger charge is 2.20. The molecule has 1 N–H and O–H groups in total. The van der Waals surface area contributed by atoms with E-state index in [1.807, 2.05) is 34.0 Å². The molecule has 2 heterocycles. The molecule has 0 aliphatic carbocycles. The highest BCUT2D eigenvalue weighted by molar-refractivity contribution is 5.74. The van der Waals surface area contributed by atoms with Crippen molar-refractivity contribution in [2.75, 3.05) is 26.7 Å². The molecular weight excluding hydrogens is 316 g/mol. The van der Waals surface area contributed by atoms with Gasteiger partial charge in [0.15, 0.2) is 0 Å². The van der Waals surface area contributed by atoms with E-state index in [2.05, 4.69) is 23.4 Å². The number of hydrogen-bond acceptors (Lipinski definition) is 3. The summed E-state index contributed by atoms with van der Waals surface area (Å²) in [5.74, 6) is 1.25. The Morgan fingerprint density at radius 1 is 1.32 bits per heavy atom. The van der Waals surface area contributed by atoms with Gasteiger partial charge in [0, 0.05) is 38.6 Å². The smallest absolute Gasteiger partial charge is 0.317 e. The van der Waals surface area contributed by atoms with Crippen LogP contribution in [0.15, 0.2) is 36.7 Å². The van der Waals surface area contributed by atoms with Gasteiger partial charge in [0.05, 0.1) is 7.11 Å². The molecule has 1 aromatic heterocycles. The third-order valence-electron chi connectivity index (χ3n) is 4.68. The maximum atomic E-state index is 12.5. The minimum absolute atomic E-state index is 0.0130. The van der Waals surface area contributed by atoms with E-state index in [0.29, 0.717) is 19.0 Å². The van der Waals surface area contributed by atoms with Crippen molar-refractivity contribution in [1.29, 1.82) is 0 Å². The Balaban J connectivity index is 1.52. The van der Waals surface area contributed by atoms with E-state index in [-0.39, 0.29) is 6.03 Å². The second kappa shape index (κ2) is 8.05. The first kappa shape index (κ1) is 17.3. The zero-order valence-corrected chi connectivity index (χ0v) is 14.9. The van der Waals surface area contributed by atoms with Crippen molar-refractivity contribution in [3.8, 4) is 5.75 Å². The predicted molar refractivity (Wildman–Crippen MR) is 96.8 cm³/mol. The van der Waals surface area contributed by atoms with Crippen LogP contribution in [0.4, 0.5) is 4.79 Å². The Hall–Kier alpha value is -2.50. The van der Waals surface area contributed by atoms with Crippen LogP contribution in [0.5, 0.6) is 5.75 Å². The van der Waals surface area contributed by atoms with Gasteiger partial charge in [-0.05, 0) is 42.0 Å². The van der Waals surface area contributed by atoms with E-state index in [1.54, 1.807) is 13.3 Å². The van der Waals surface area contributed by atoms with Crippen molar-refractivity contribution in [1.82, 2.24) is 20.0 Å². The van der Waals surface area contributed by atoms with Gasteiger partial charge >= 0.3 is 6.03 Å². The molecule has 1 atom stereocenters. The summed E-state index contributed by atoms with van der Waals surface area (Å²) in [7, 11) is 1.70. The lowest BCUT2D eigenvalue weighted by atomic mass is 10.0. The normalized spacial score (nSPS) is 15.2. The quantitative estimate of drug-likeness (QED) is 0.907. The Labute approximate surface area is 148 Å². The molecule has 0 saturated heterocycles. The molecular formula is C19H26N4O2. The monoisotopic (exact) mass is 342 g/mol. The number of carbonyl (C=O) groups is 1. The summed E-state index contributed by atoms with van der Waals surface area (Å²) in [5, 5.41) is 7.27. The number of rotatable bonds is 5. The van der Waals surface area contributed by atoms with Gasteiger partial charge in [-0.15, -0.1) is 0 Å². The van der Waals surface area contributed by atoms with Crippen LogP contribution in [0.1, 0.15) is 18.1 Å². The number of fused-ring (bicyclic) bond motifs is 1. The van der Waals surface area contributed by atoms with Crippen molar-refractivity contribution in [2.45, 2.75) is 26.3 Å². The van der Waals surface area contributed by atoms with Crippen molar-refractivity contribution >= 4 is 6.03 Å². The highest BCUT2D eigenvalue weighted by Crippen LogP contribution is 2.25. The third-order valence-corrected chi connectivity index (χ3v) is 4.68. The molecule has 25 heavy (non-hydrogen) atoms. The Morgan fingerprint density at radius 2 is 2.16 bits per heavy atom. The van der Waals surface area contributed by atoms with E-state index < -0.39 is 0 Å². The van der Waals surface area contributed by atoms with Gasteiger partial charge in [0.25, 0.3) is 0 Å². The second-order valence-corrected chi connectivity index (χ2v) is 6.60. The zero-order chi connectivity index (χ0) is 17.6. The van der Waals surface area contributed by atoms with Crippen LogP contribution in [-0.2, 0) is 19.4 Å². The summed E-state index contributed by atoms with van der Waals surface area (Å²) in [6.07, 6.45) is 5.41. The molecule has 134 valence electrons. The molecule has 0 saturated carbocycles. The van der Waals surface area contributed by atoms with Crippen LogP contribution in [0, 0.1) is 5.92 Å². The van der Waals surface area contributed by atoms with E-state index in [4.69, 9.17) is 4.74 Å². The summed E-state index contributed by atoms with van der Waals surface area (Å²) < 4.78 is 7.36. The first-order valence-electron chi connectivity index (χ1n) is 8.82. The molecule has 2 aromatic rings. The Morgan fingerprint density at radius 3 is 2.92 bits per heavy atom. The predicted octanol–water partition coefficient (Wildman–Crippen LogP) is 2.34. The molecule has 0 spiro atoms. The fraction of sp³-hybridized carbons (Fsp3) is 0.474. The molecule has 6 nitrogen and oxygen atoms in total. The average molecular weight is 342 g/mol. The van der Waals surface area contributed by atoms with E-state index >= 15 is 0 Å². The Kier molecular flexibility index (Phi) is 5.58. The summed E-state index contributed by atoms with van der Waals surface area (Å²) in [6.45, 7) is 5.01. The van der Waals surface area contributed by atoms with Crippen molar-refractivity contribution < 1.29 is 9.53 Å².